The highest BCUT2D eigenvalue weighted by atomic mass is 16.5. The molecule has 0 N–H and O–H groups in total. The minimum Gasteiger partial charge on any atom is -0.494 e. The van der Waals surface area contributed by atoms with Crippen molar-refractivity contribution < 1.29 is 23.7 Å². The van der Waals surface area contributed by atoms with Crippen molar-refractivity contribution in [3.05, 3.63) is 83.9 Å². The number of rotatable bonds is 13. The fourth-order valence-electron chi connectivity index (χ4n) is 3.41. The number of benzene rings is 3. The zero-order valence-electron chi connectivity index (χ0n) is 19.4. The molecule has 174 valence electrons. The molecule has 0 spiro atoms. The van der Waals surface area contributed by atoms with E-state index in [4.69, 9.17) is 18.9 Å². The lowest BCUT2D eigenvalue weighted by Gasteiger charge is -2.14. The van der Waals surface area contributed by atoms with Gasteiger partial charge in [-0.2, -0.15) is 0 Å². The molecule has 0 unspecified atom stereocenters. The molecule has 0 fully saturated rings. The van der Waals surface area contributed by atoms with Gasteiger partial charge in [0.2, 0.25) is 0 Å². The highest BCUT2D eigenvalue weighted by Crippen LogP contribution is 2.29. The fraction of sp³-hybridized carbons (Fsp3) is 0.321. The second-order valence-electron chi connectivity index (χ2n) is 7.74. The van der Waals surface area contributed by atoms with E-state index in [1.54, 1.807) is 0 Å². The van der Waals surface area contributed by atoms with E-state index in [0.29, 0.717) is 13.2 Å². The molecule has 5 nitrogen and oxygen atoms in total. The maximum absolute atomic E-state index is 11.4. The maximum atomic E-state index is 11.4. The summed E-state index contributed by atoms with van der Waals surface area (Å²) in [5, 5.41) is 0. The maximum Gasteiger partial charge on any atom is 0.309 e. The van der Waals surface area contributed by atoms with E-state index in [-0.39, 0.29) is 12.4 Å². The van der Waals surface area contributed by atoms with Crippen molar-refractivity contribution >= 4 is 5.97 Å². The van der Waals surface area contributed by atoms with Crippen LogP contribution in [0, 0.1) is 0 Å². The van der Waals surface area contributed by atoms with E-state index in [0.717, 1.165) is 59.8 Å². The van der Waals surface area contributed by atoms with Crippen LogP contribution in [0.25, 0.3) is 0 Å². The van der Waals surface area contributed by atoms with Crippen LogP contribution in [0.1, 0.15) is 37.3 Å². The third kappa shape index (κ3) is 8.19. The normalized spacial score (nSPS) is 10.5. The zero-order valence-corrected chi connectivity index (χ0v) is 19.4. The molecule has 0 saturated carbocycles. The largest absolute Gasteiger partial charge is 0.494 e. The van der Waals surface area contributed by atoms with Gasteiger partial charge in [-0.3, -0.25) is 4.79 Å². The van der Waals surface area contributed by atoms with Crippen LogP contribution in [0.15, 0.2) is 72.8 Å². The summed E-state index contributed by atoms with van der Waals surface area (Å²) in [5.41, 5.74) is 2.04. The predicted molar refractivity (Wildman–Crippen MR) is 129 cm³/mol. The Kier molecular flexibility index (Phi) is 9.64. The van der Waals surface area contributed by atoms with Gasteiger partial charge in [-0.1, -0.05) is 43.7 Å². The number of carbonyl (C=O) groups excluding carboxylic acids is 1. The molecule has 5 heteroatoms. The van der Waals surface area contributed by atoms with Crippen LogP contribution < -0.4 is 14.2 Å². The van der Waals surface area contributed by atoms with Crippen molar-refractivity contribution in [2.45, 2.75) is 39.0 Å². The second-order valence-corrected chi connectivity index (χ2v) is 7.74. The molecule has 0 radical (unpaired) electrons. The molecule has 33 heavy (non-hydrogen) atoms. The van der Waals surface area contributed by atoms with Crippen molar-refractivity contribution in [3.8, 4) is 23.0 Å². The number of ether oxygens (including phenoxy) is 4. The summed E-state index contributed by atoms with van der Waals surface area (Å²) in [6, 6.07) is 23.3. The van der Waals surface area contributed by atoms with Crippen molar-refractivity contribution in [1.29, 1.82) is 0 Å². The van der Waals surface area contributed by atoms with E-state index in [1.165, 1.54) is 7.11 Å². The molecule has 0 aliphatic heterocycles. The lowest BCUT2D eigenvalue weighted by atomic mass is 10.1. The van der Waals surface area contributed by atoms with E-state index in [1.807, 2.05) is 66.7 Å². The zero-order chi connectivity index (χ0) is 23.3. The van der Waals surface area contributed by atoms with Crippen LogP contribution in [-0.4, -0.2) is 26.3 Å². The molecule has 0 bridgehead atoms. The Bertz CT molecular complexity index is 1000. The Labute approximate surface area is 196 Å². The van der Waals surface area contributed by atoms with Gasteiger partial charge in [0.25, 0.3) is 0 Å². The molecule has 3 aromatic carbocycles. The van der Waals surface area contributed by atoms with Gasteiger partial charge in [0, 0.05) is 0 Å². The quantitative estimate of drug-likeness (QED) is 0.224. The van der Waals surface area contributed by atoms with E-state index in [2.05, 4.69) is 13.0 Å². The molecule has 0 aliphatic carbocycles. The number of carbonyl (C=O) groups is 1. The summed E-state index contributed by atoms with van der Waals surface area (Å²) in [7, 11) is 1.39. The smallest absolute Gasteiger partial charge is 0.309 e. The summed E-state index contributed by atoms with van der Waals surface area (Å²) in [6.45, 7) is 3.38. The van der Waals surface area contributed by atoms with E-state index >= 15 is 0 Å². The third-order valence-corrected chi connectivity index (χ3v) is 5.07. The minimum absolute atomic E-state index is 0.247. The van der Waals surface area contributed by atoms with Gasteiger partial charge in [-0.05, 0) is 72.9 Å². The highest BCUT2D eigenvalue weighted by Gasteiger charge is 2.07. The molecule has 0 heterocycles. The number of esters is 1. The molecule has 3 aromatic rings. The van der Waals surface area contributed by atoms with Crippen molar-refractivity contribution in [1.82, 2.24) is 0 Å². The summed E-state index contributed by atoms with van der Waals surface area (Å²) in [4.78, 5) is 11.4. The first-order valence-corrected chi connectivity index (χ1v) is 11.4. The molecule has 0 saturated heterocycles. The Hall–Kier alpha value is -3.47. The van der Waals surface area contributed by atoms with Crippen LogP contribution in [0.3, 0.4) is 0 Å². The minimum atomic E-state index is -0.258. The monoisotopic (exact) mass is 448 g/mol. The Balaban J connectivity index is 1.43. The SMILES string of the molecule is CCCc1cc(Oc2ccccc2)ccc1OCCCCOc1cccc(CC(=O)OC)c1. The van der Waals surface area contributed by atoms with E-state index in [9.17, 15) is 4.79 Å². The molecule has 3 rings (SSSR count). The number of unbranched alkanes of at least 4 members (excludes halogenated alkanes) is 1. The number of aryl methyl sites for hydroxylation is 1. The van der Waals surface area contributed by atoms with Crippen LogP contribution in [0.5, 0.6) is 23.0 Å². The lowest BCUT2D eigenvalue weighted by molar-refractivity contribution is -0.139. The first-order chi connectivity index (χ1) is 16.2. The molecule has 0 aromatic heterocycles. The molecule has 0 atom stereocenters. The van der Waals surface area contributed by atoms with Crippen LogP contribution in [-0.2, 0) is 22.4 Å². The number of para-hydroxylation sites is 1. The first-order valence-electron chi connectivity index (χ1n) is 11.4. The van der Waals surface area contributed by atoms with Crippen LogP contribution >= 0.6 is 0 Å². The average Bonchev–Trinajstić information content (AvgIpc) is 2.83. The van der Waals surface area contributed by atoms with Crippen LogP contribution in [0.2, 0.25) is 0 Å². The van der Waals surface area contributed by atoms with Crippen molar-refractivity contribution in [3.63, 3.8) is 0 Å². The Morgan fingerprint density at radius 3 is 2.30 bits per heavy atom. The summed E-state index contributed by atoms with van der Waals surface area (Å²) >= 11 is 0. The van der Waals surface area contributed by atoms with Gasteiger partial charge in [0.15, 0.2) is 0 Å². The highest BCUT2D eigenvalue weighted by molar-refractivity contribution is 5.72. The number of hydrogen-bond donors (Lipinski definition) is 0. The number of methoxy groups -OCH3 is 1. The van der Waals surface area contributed by atoms with Gasteiger partial charge in [-0.25, -0.2) is 0 Å². The van der Waals surface area contributed by atoms with Gasteiger partial charge >= 0.3 is 5.97 Å². The standard InChI is InChI=1S/C28H32O5/c1-3-10-23-21-26(33-24-12-5-4-6-13-24)15-16-27(23)32-18-8-7-17-31-25-14-9-11-22(19-25)20-28(29)30-2/h4-6,9,11-16,19,21H,3,7-8,10,17-18,20H2,1-2H3. The summed E-state index contributed by atoms with van der Waals surface area (Å²) < 4.78 is 22.6. The summed E-state index contributed by atoms with van der Waals surface area (Å²) in [5.74, 6) is 3.06. The topological polar surface area (TPSA) is 54.0 Å². The molecular formula is C28H32O5. The Morgan fingerprint density at radius 1 is 0.788 bits per heavy atom. The average molecular weight is 449 g/mol. The number of hydrogen-bond acceptors (Lipinski definition) is 5. The Morgan fingerprint density at radius 2 is 1.55 bits per heavy atom. The van der Waals surface area contributed by atoms with Gasteiger partial charge < -0.3 is 18.9 Å². The second kappa shape index (κ2) is 13.2. The molecule has 0 amide bonds. The van der Waals surface area contributed by atoms with E-state index < -0.39 is 0 Å². The first kappa shape index (κ1) is 24.2. The lowest BCUT2D eigenvalue weighted by Crippen LogP contribution is -2.06. The van der Waals surface area contributed by atoms with Gasteiger partial charge in [0.05, 0.1) is 26.7 Å². The third-order valence-electron chi connectivity index (χ3n) is 5.07. The van der Waals surface area contributed by atoms with Gasteiger partial charge in [-0.15, -0.1) is 0 Å². The summed E-state index contributed by atoms with van der Waals surface area (Å²) in [6.07, 6.45) is 3.98. The molecular weight excluding hydrogens is 416 g/mol. The van der Waals surface area contributed by atoms with Gasteiger partial charge in [0.1, 0.15) is 23.0 Å². The fourth-order valence-corrected chi connectivity index (χ4v) is 3.41. The van der Waals surface area contributed by atoms with Crippen LogP contribution in [0.4, 0.5) is 0 Å². The van der Waals surface area contributed by atoms with Crippen molar-refractivity contribution in [2.75, 3.05) is 20.3 Å². The van der Waals surface area contributed by atoms with Crippen molar-refractivity contribution in [2.24, 2.45) is 0 Å². The molecule has 0 aliphatic rings. The predicted octanol–water partition coefficient (Wildman–Crippen LogP) is 6.38.